The van der Waals surface area contributed by atoms with Crippen molar-refractivity contribution >= 4 is 22.8 Å². The highest BCUT2D eigenvalue weighted by atomic mass is 32.1. The van der Waals surface area contributed by atoms with E-state index in [-0.39, 0.29) is 24.6 Å². The third kappa shape index (κ3) is 3.81. The van der Waals surface area contributed by atoms with Crippen molar-refractivity contribution in [2.75, 3.05) is 17.6 Å². The van der Waals surface area contributed by atoms with E-state index in [1.54, 1.807) is 6.07 Å². The molecule has 0 saturated carbocycles. The topological polar surface area (TPSA) is 113 Å². The Kier molecular flexibility index (Phi) is 5.01. The van der Waals surface area contributed by atoms with Gasteiger partial charge in [0.1, 0.15) is 11.5 Å². The summed E-state index contributed by atoms with van der Waals surface area (Å²) in [5.74, 6) is 0.0371. The summed E-state index contributed by atoms with van der Waals surface area (Å²) >= 11 is 1.48. The van der Waals surface area contributed by atoms with Crippen LogP contribution >= 0.6 is 11.3 Å². The zero-order valence-electron chi connectivity index (χ0n) is 13.3. The first-order valence-electron chi connectivity index (χ1n) is 7.67. The molecule has 8 heteroatoms. The lowest BCUT2D eigenvalue weighted by molar-refractivity contribution is 0.192. The number of aromatic nitrogens is 2. The minimum atomic E-state index is -0.778. The number of rotatable bonds is 6. The first-order chi connectivity index (χ1) is 12.1. The summed E-state index contributed by atoms with van der Waals surface area (Å²) in [6.45, 7) is 0.345. The molecule has 25 heavy (non-hydrogen) atoms. The van der Waals surface area contributed by atoms with Gasteiger partial charge in [-0.2, -0.15) is 11.3 Å². The van der Waals surface area contributed by atoms with Crippen LogP contribution in [0, 0.1) is 0 Å². The summed E-state index contributed by atoms with van der Waals surface area (Å²) in [6, 6.07) is 11.1. The molecule has 0 aliphatic carbocycles. The Balaban J connectivity index is 1.85. The van der Waals surface area contributed by atoms with E-state index < -0.39 is 17.4 Å². The minimum absolute atomic E-state index is 0.0371. The predicted octanol–water partition coefficient (Wildman–Crippen LogP) is 1.37. The molecule has 7 nitrogen and oxygen atoms in total. The van der Waals surface area contributed by atoms with Gasteiger partial charge >= 0.3 is 5.69 Å². The van der Waals surface area contributed by atoms with Crippen LogP contribution in [-0.2, 0) is 6.54 Å². The first kappa shape index (κ1) is 17.0. The zero-order valence-corrected chi connectivity index (χ0v) is 14.1. The SMILES string of the molecule is Nc1c(NCC(O)c2ccsc2)c(=O)[nH]c(=O)n1Cc1ccccc1. The molecule has 0 aliphatic rings. The van der Waals surface area contributed by atoms with Gasteiger partial charge in [0.15, 0.2) is 0 Å². The predicted molar refractivity (Wildman–Crippen MR) is 99.0 cm³/mol. The van der Waals surface area contributed by atoms with Crippen LogP contribution in [0.1, 0.15) is 17.2 Å². The Bertz CT molecular complexity index is 948. The maximum Gasteiger partial charge on any atom is 0.330 e. The summed E-state index contributed by atoms with van der Waals surface area (Å²) in [7, 11) is 0. The Morgan fingerprint density at radius 2 is 2.00 bits per heavy atom. The Morgan fingerprint density at radius 1 is 1.24 bits per heavy atom. The van der Waals surface area contributed by atoms with Crippen molar-refractivity contribution in [2.24, 2.45) is 0 Å². The number of nitrogens with one attached hydrogen (secondary N) is 2. The number of nitrogens with two attached hydrogens (primary N) is 1. The van der Waals surface area contributed by atoms with Gasteiger partial charge in [-0.15, -0.1) is 0 Å². The highest BCUT2D eigenvalue weighted by Gasteiger charge is 2.15. The fraction of sp³-hybridized carbons (Fsp3) is 0.176. The number of anilines is 2. The molecule has 0 spiro atoms. The van der Waals surface area contributed by atoms with Crippen LogP contribution in [-0.4, -0.2) is 21.2 Å². The van der Waals surface area contributed by atoms with Gasteiger partial charge in [0.05, 0.1) is 12.6 Å². The molecule has 0 aliphatic heterocycles. The number of aromatic amines is 1. The van der Waals surface area contributed by atoms with Gasteiger partial charge in [0.2, 0.25) is 0 Å². The summed E-state index contributed by atoms with van der Waals surface area (Å²) in [5.41, 5.74) is 6.57. The number of hydrogen-bond donors (Lipinski definition) is 4. The number of nitrogen functional groups attached to an aromatic ring is 1. The van der Waals surface area contributed by atoms with Crippen LogP contribution in [0.3, 0.4) is 0 Å². The van der Waals surface area contributed by atoms with E-state index in [4.69, 9.17) is 5.73 Å². The van der Waals surface area contributed by atoms with E-state index in [0.717, 1.165) is 11.1 Å². The second-order valence-corrected chi connectivity index (χ2v) is 6.32. The lowest BCUT2D eigenvalue weighted by atomic mass is 10.2. The van der Waals surface area contributed by atoms with Crippen LogP contribution in [0.5, 0.6) is 0 Å². The van der Waals surface area contributed by atoms with Crippen LogP contribution in [0.25, 0.3) is 0 Å². The molecule has 2 heterocycles. The molecular weight excluding hydrogens is 340 g/mol. The number of aliphatic hydroxyl groups excluding tert-OH is 1. The van der Waals surface area contributed by atoms with Gasteiger partial charge in [-0.1, -0.05) is 30.3 Å². The molecule has 3 aromatic rings. The molecule has 3 rings (SSSR count). The second kappa shape index (κ2) is 7.37. The fourth-order valence-corrected chi connectivity index (χ4v) is 3.17. The molecule has 0 radical (unpaired) electrons. The van der Waals surface area contributed by atoms with Gasteiger partial charge in [-0.05, 0) is 28.0 Å². The number of nitrogens with zero attached hydrogens (tertiary/aromatic N) is 1. The van der Waals surface area contributed by atoms with Crippen molar-refractivity contribution in [2.45, 2.75) is 12.6 Å². The first-order valence-corrected chi connectivity index (χ1v) is 8.61. The van der Waals surface area contributed by atoms with Crippen molar-refractivity contribution in [3.63, 3.8) is 0 Å². The number of benzene rings is 1. The van der Waals surface area contributed by atoms with Crippen molar-refractivity contribution < 1.29 is 5.11 Å². The van der Waals surface area contributed by atoms with E-state index in [9.17, 15) is 14.7 Å². The molecule has 2 aromatic heterocycles. The van der Waals surface area contributed by atoms with Crippen LogP contribution in [0.15, 0.2) is 56.7 Å². The van der Waals surface area contributed by atoms with Gasteiger partial charge in [0.25, 0.3) is 5.56 Å². The van der Waals surface area contributed by atoms with Crippen LogP contribution < -0.4 is 22.3 Å². The molecule has 1 aromatic carbocycles. The molecule has 5 N–H and O–H groups in total. The molecule has 0 saturated heterocycles. The maximum absolute atomic E-state index is 12.1. The van der Waals surface area contributed by atoms with Crippen molar-refractivity contribution in [1.29, 1.82) is 0 Å². The van der Waals surface area contributed by atoms with Crippen LogP contribution in [0.4, 0.5) is 11.5 Å². The lowest BCUT2D eigenvalue weighted by Crippen LogP contribution is -2.34. The molecule has 130 valence electrons. The van der Waals surface area contributed by atoms with E-state index >= 15 is 0 Å². The number of H-pyrrole nitrogens is 1. The van der Waals surface area contributed by atoms with Gasteiger partial charge in [-0.25, -0.2) is 4.79 Å². The molecule has 1 atom stereocenters. The lowest BCUT2D eigenvalue weighted by Gasteiger charge is -2.16. The Morgan fingerprint density at radius 3 is 2.68 bits per heavy atom. The standard InChI is InChI=1S/C17H18N4O3S/c18-15-14(19-8-13(22)12-6-7-25-10-12)16(23)20-17(24)21(15)9-11-4-2-1-3-5-11/h1-7,10,13,19,22H,8-9,18H2,(H,20,23,24). The van der Waals surface area contributed by atoms with E-state index in [1.165, 1.54) is 15.9 Å². The second-order valence-electron chi connectivity index (χ2n) is 5.54. The third-order valence-electron chi connectivity index (χ3n) is 3.82. The number of aliphatic hydroxyl groups is 1. The van der Waals surface area contributed by atoms with Crippen molar-refractivity contribution in [3.8, 4) is 0 Å². The van der Waals surface area contributed by atoms with E-state index in [0.29, 0.717) is 0 Å². The van der Waals surface area contributed by atoms with Crippen molar-refractivity contribution in [1.82, 2.24) is 9.55 Å². The molecule has 0 amide bonds. The molecule has 0 fully saturated rings. The van der Waals surface area contributed by atoms with Gasteiger partial charge in [0, 0.05) is 6.54 Å². The van der Waals surface area contributed by atoms with E-state index in [2.05, 4.69) is 10.3 Å². The maximum atomic E-state index is 12.1. The number of thiophene rings is 1. The average Bonchev–Trinajstić information content (AvgIpc) is 3.14. The van der Waals surface area contributed by atoms with Crippen molar-refractivity contribution in [3.05, 3.63) is 79.1 Å². The largest absolute Gasteiger partial charge is 0.387 e. The highest BCUT2D eigenvalue weighted by Crippen LogP contribution is 2.18. The van der Waals surface area contributed by atoms with Crippen LogP contribution in [0.2, 0.25) is 0 Å². The average molecular weight is 358 g/mol. The third-order valence-corrected chi connectivity index (χ3v) is 4.52. The normalized spacial score (nSPS) is 12.0. The fourth-order valence-electron chi connectivity index (χ4n) is 2.46. The zero-order chi connectivity index (χ0) is 17.8. The van der Waals surface area contributed by atoms with E-state index in [1.807, 2.05) is 41.1 Å². The monoisotopic (exact) mass is 358 g/mol. The molecule has 1 unspecified atom stereocenters. The highest BCUT2D eigenvalue weighted by molar-refractivity contribution is 7.07. The summed E-state index contributed by atoms with van der Waals surface area (Å²) in [5, 5.41) is 16.7. The Labute approximate surface area is 147 Å². The minimum Gasteiger partial charge on any atom is -0.387 e. The Hall–Kier alpha value is -2.84. The molecular formula is C17H18N4O3S. The van der Waals surface area contributed by atoms with Gasteiger partial charge < -0.3 is 16.2 Å². The summed E-state index contributed by atoms with van der Waals surface area (Å²) in [4.78, 5) is 26.4. The van der Waals surface area contributed by atoms with Gasteiger partial charge in [-0.3, -0.25) is 14.3 Å². The molecule has 0 bridgehead atoms. The summed E-state index contributed by atoms with van der Waals surface area (Å²) < 4.78 is 1.29. The number of hydrogen-bond acceptors (Lipinski definition) is 6. The quantitative estimate of drug-likeness (QED) is 0.532. The smallest absolute Gasteiger partial charge is 0.330 e. The summed E-state index contributed by atoms with van der Waals surface area (Å²) in [6.07, 6.45) is -0.778.